The fourth-order valence-corrected chi connectivity index (χ4v) is 2.48. The van der Waals surface area contributed by atoms with Crippen LogP contribution in [0.2, 0.25) is 0 Å². The number of aromatic amines is 1. The van der Waals surface area contributed by atoms with E-state index in [-0.39, 0.29) is 28.4 Å². The highest BCUT2D eigenvalue weighted by Gasteiger charge is 2.12. The number of nitrogens with one attached hydrogen (secondary N) is 1. The number of carboxylic acid groups (broad SMARTS) is 1. The Morgan fingerprint density at radius 3 is 2.78 bits per heavy atom. The van der Waals surface area contributed by atoms with Crippen LogP contribution in [0.5, 0.6) is 11.5 Å². The van der Waals surface area contributed by atoms with Gasteiger partial charge in [-0.3, -0.25) is 9.78 Å². The van der Waals surface area contributed by atoms with Gasteiger partial charge < -0.3 is 9.84 Å². The van der Waals surface area contributed by atoms with Gasteiger partial charge in [0.2, 0.25) is 5.95 Å². The number of aromatic carboxylic acids is 1. The molecule has 0 saturated heterocycles. The van der Waals surface area contributed by atoms with Crippen LogP contribution in [0.3, 0.4) is 0 Å². The number of hydrogen-bond donors (Lipinski definition) is 2. The second-order valence-corrected chi connectivity index (χ2v) is 5.58. The Morgan fingerprint density at radius 2 is 2.04 bits per heavy atom. The van der Waals surface area contributed by atoms with Crippen LogP contribution in [-0.2, 0) is 0 Å². The molecule has 134 valence electrons. The maximum atomic E-state index is 13.7. The SMILES string of the molecule is O=C(O)c1cnn(-c2nc3ccc(Oc4ccccc4F)cc3c(=O)[nH]2)c1. The molecule has 0 atom stereocenters. The van der Waals surface area contributed by atoms with Gasteiger partial charge in [0.1, 0.15) is 5.75 Å². The lowest BCUT2D eigenvalue weighted by Crippen LogP contribution is -2.14. The zero-order valence-corrected chi connectivity index (χ0v) is 13.6. The van der Waals surface area contributed by atoms with Crippen LogP contribution in [0.25, 0.3) is 16.9 Å². The molecule has 9 heteroatoms. The molecule has 0 fully saturated rings. The summed E-state index contributed by atoms with van der Waals surface area (Å²) >= 11 is 0. The molecule has 2 heterocycles. The van der Waals surface area contributed by atoms with Gasteiger partial charge in [0.25, 0.3) is 5.56 Å². The number of carboxylic acids is 1. The van der Waals surface area contributed by atoms with E-state index in [2.05, 4.69) is 15.1 Å². The summed E-state index contributed by atoms with van der Waals surface area (Å²) in [7, 11) is 0. The highest BCUT2D eigenvalue weighted by atomic mass is 19.1. The van der Waals surface area contributed by atoms with Gasteiger partial charge >= 0.3 is 5.97 Å². The Balaban J connectivity index is 1.73. The van der Waals surface area contributed by atoms with Crippen molar-refractivity contribution in [3.05, 3.63) is 76.6 Å². The Bertz CT molecular complexity index is 1230. The topological polar surface area (TPSA) is 110 Å². The van der Waals surface area contributed by atoms with E-state index in [1.807, 2.05) is 0 Å². The van der Waals surface area contributed by atoms with Crippen molar-refractivity contribution in [2.24, 2.45) is 0 Å². The van der Waals surface area contributed by atoms with Crippen molar-refractivity contribution in [3.8, 4) is 17.4 Å². The molecule has 2 aromatic carbocycles. The summed E-state index contributed by atoms with van der Waals surface area (Å²) in [5.74, 6) is -1.27. The first-order valence-corrected chi connectivity index (χ1v) is 7.76. The summed E-state index contributed by atoms with van der Waals surface area (Å²) in [6, 6.07) is 10.5. The molecule has 0 saturated carbocycles. The smallest absolute Gasteiger partial charge is 0.338 e. The van der Waals surface area contributed by atoms with E-state index in [0.717, 1.165) is 10.9 Å². The van der Waals surface area contributed by atoms with Crippen molar-refractivity contribution in [1.29, 1.82) is 0 Å². The molecule has 2 N–H and O–H groups in total. The molecule has 0 aliphatic rings. The second-order valence-electron chi connectivity index (χ2n) is 5.58. The molecular formula is C18H11FN4O4. The maximum Gasteiger partial charge on any atom is 0.338 e. The predicted octanol–water partition coefficient (Wildman–Crippen LogP) is 2.74. The fourth-order valence-electron chi connectivity index (χ4n) is 2.48. The zero-order chi connectivity index (χ0) is 19.0. The summed E-state index contributed by atoms with van der Waals surface area (Å²) in [4.78, 5) is 30.2. The van der Waals surface area contributed by atoms with E-state index in [4.69, 9.17) is 9.84 Å². The normalized spacial score (nSPS) is 10.9. The molecule has 0 bridgehead atoms. The number of halogens is 1. The van der Waals surface area contributed by atoms with Crippen molar-refractivity contribution in [2.45, 2.75) is 0 Å². The standard InChI is InChI=1S/C18H11FN4O4/c19-13-3-1-2-4-15(13)27-11-5-6-14-12(7-11)16(24)22-18(21-14)23-9-10(8-20-23)17(25)26/h1-9H,(H,25,26)(H,21,22,24). The lowest BCUT2D eigenvalue weighted by Gasteiger charge is -2.08. The number of H-pyrrole nitrogens is 1. The molecule has 0 spiro atoms. The molecule has 2 aromatic heterocycles. The van der Waals surface area contributed by atoms with Gasteiger partial charge in [0.15, 0.2) is 11.6 Å². The average molecular weight is 366 g/mol. The van der Waals surface area contributed by atoms with Gasteiger partial charge in [0.05, 0.1) is 22.7 Å². The largest absolute Gasteiger partial charge is 0.478 e. The van der Waals surface area contributed by atoms with Gasteiger partial charge in [-0.05, 0) is 30.3 Å². The Hall–Kier alpha value is -4.01. The summed E-state index contributed by atoms with van der Waals surface area (Å²) in [6.07, 6.45) is 2.39. The molecule has 4 aromatic rings. The van der Waals surface area contributed by atoms with Crippen LogP contribution < -0.4 is 10.3 Å². The number of hydrogen-bond acceptors (Lipinski definition) is 5. The van der Waals surface area contributed by atoms with Crippen molar-refractivity contribution in [1.82, 2.24) is 19.7 Å². The summed E-state index contributed by atoms with van der Waals surface area (Å²) in [5.41, 5.74) is -0.158. The molecule has 0 unspecified atom stereocenters. The number of para-hydroxylation sites is 1. The number of aromatic nitrogens is 4. The van der Waals surface area contributed by atoms with E-state index >= 15 is 0 Å². The maximum absolute atomic E-state index is 13.7. The molecular weight excluding hydrogens is 355 g/mol. The van der Waals surface area contributed by atoms with E-state index in [1.165, 1.54) is 24.4 Å². The molecule has 4 rings (SSSR count). The number of rotatable bonds is 4. The van der Waals surface area contributed by atoms with Crippen molar-refractivity contribution < 1.29 is 19.0 Å². The number of fused-ring (bicyclic) bond motifs is 1. The van der Waals surface area contributed by atoms with Crippen molar-refractivity contribution in [3.63, 3.8) is 0 Å². The summed E-state index contributed by atoms with van der Waals surface area (Å²) < 4.78 is 20.4. The van der Waals surface area contributed by atoms with Gasteiger partial charge in [-0.2, -0.15) is 5.10 Å². The van der Waals surface area contributed by atoms with E-state index in [0.29, 0.717) is 5.52 Å². The van der Waals surface area contributed by atoms with Gasteiger partial charge in [-0.15, -0.1) is 0 Å². The molecule has 0 aliphatic carbocycles. The minimum atomic E-state index is -1.14. The summed E-state index contributed by atoms with van der Waals surface area (Å²) in [5, 5.41) is 13.1. The lowest BCUT2D eigenvalue weighted by molar-refractivity contribution is 0.0697. The average Bonchev–Trinajstić information content (AvgIpc) is 3.14. The van der Waals surface area contributed by atoms with Crippen LogP contribution >= 0.6 is 0 Å². The number of carbonyl (C=O) groups is 1. The van der Waals surface area contributed by atoms with Gasteiger partial charge in [-0.25, -0.2) is 18.9 Å². The van der Waals surface area contributed by atoms with E-state index in [9.17, 15) is 14.0 Å². The van der Waals surface area contributed by atoms with Crippen LogP contribution in [0.4, 0.5) is 4.39 Å². The fraction of sp³-hybridized carbons (Fsp3) is 0. The first kappa shape index (κ1) is 16.5. The lowest BCUT2D eigenvalue weighted by atomic mass is 10.2. The third-order valence-electron chi connectivity index (χ3n) is 3.78. The van der Waals surface area contributed by atoms with Crippen LogP contribution in [0.15, 0.2) is 59.7 Å². The van der Waals surface area contributed by atoms with Crippen LogP contribution in [0.1, 0.15) is 10.4 Å². The summed E-state index contributed by atoms with van der Waals surface area (Å²) in [6.45, 7) is 0. The van der Waals surface area contributed by atoms with E-state index in [1.54, 1.807) is 24.3 Å². The first-order chi connectivity index (χ1) is 13.0. The minimum absolute atomic E-state index is 0.0358. The number of benzene rings is 2. The Kier molecular flexibility index (Phi) is 3.88. The zero-order valence-electron chi connectivity index (χ0n) is 13.6. The monoisotopic (exact) mass is 366 g/mol. The first-order valence-electron chi connectivity index (χ1n) is 7.76. The molecule has 0 amide bonds. The predicted molar refractivity (Wildman–Crippen MR) is 92.9 cm³/mol. The van der Waals surface area contributed by atoms with Crippen molar-refractivity contribution in [2.75, 3.05) is 0 Å². The molecule has 0 aliphatic heterocycles. The highest BCUT2D eigenvalue weighted by Crippen LogP contribution is 2.25. The van der Waals surface area contributed by atoms with Crippen LogP contribution in [0, 0.1) is 5.82 Å². The third-order valence-corrected chi connectivity index (χ3v) is 3.78. The van der Waals surface area contributed by atoms with Gasteiger partial charge in [-0.1, -0.05) is 12.1 Å². The minimum Gasteiger partial charge on any atom is -0.478 e. The molecule has 27 heavy (non-hydrogen) atoms. The highest BCUT2D eigenvalue weighted by molar-refractivity contribution is 5.87. The number of ether oxygens (including phenoxy) is 1. The van der Waals surface area contributed by atoms with E-state index < -0.39 is 17.3 Å². The quantitative estimate of drug-likeness (QED) is 0.575. The Labute approximate surface area is 150 Å². The third kappa shape index (κ3) is 3.13. The molecule has 0 radical (unpaired) electrons. The second kappa shape index (κ2) is 6.37. The van der Waals surface area contributed by atoms with Gasteiger partial charge in [0, 0.05) is 6.20 Å². The van der Waals surface area contributed by atoms with Crippen LogP contribution in [-0.4, -0.2) is 30.8 Å². The number of nitrogens with zero attached hydrogens (tertiary/aromatic N) is 3. The molecule has 8 nitrogen and oxygen atoms in total. The Morgan fingerprint density at radius 1 is 1.22 bits per heavy atom. The van der Waals surface area contributed by atoms with Crippen molar-refractivity contribution >= 4 is 16.9 Å².